The van der Waals surface area contributed by atoms with E-state index in [4.69, 9.17) is 0 Å². The number of thiazole rings is 1. The van der Waals surface area contributed by atoms with Crippen molar-refractivity contribution in [1.82, 2.24) is 4.98 Å². The van der Waals surface area contributed by atoms with Crippen molar-refractivity contribution in [2.45, 2.75) is 31.6 Å². The SMILES string of the molecule is O=C1CC(c2ccc(F)cc2)c2sc(N3CCCCC3)nc2N1. The minimum Gasteiger partial charge on any atom is -0.348 e. The number of nitrogens with one attached hydrogen (secondary N) is 1. The van der Waals surface area contributed by atoms with Crippen LogP contribution in [0.25, 0.3) is 0 Å². The molecule has 2 aliphatic rings. The third-order valence-corrected chi connectivity index (χ3v) is 5.73. The molecule has 1 amide bonds. The first-order valence-electron chi connectivity index (χ1n) is 8.02. The van der Waals surface area contributed by atoms with E-state index in [1.807, 2.05) is 0 Å². The predicted octanol–water partition coefficient (Wildman–Crippen LogP) is 3.75. The molecule has 1 unspecified atom stereocenters. The molecular weight excluding hydrogens is 313 g/mol. The zero-order valence-corrected chi connectivity index (χ0v) is 13.5. The normalized spacial score (nSPS) is 21.0. The first-order valence-corrected chi connectivity index (χ1v) is 8.83. The Morgan fingerprint density at radius 2 is 1.91 bits per heavy atom. The van der Waals surface area contributed by atoms with Crippen molar-refractivity contribution in [3.63, 3.8) is 0 Å². The molecule has 0 aliphatic carbocycles. The summed E-state index contributed by atoms with van der Waals surface area (Å²) in [4.78, 5) is 20.1. The topological polar surface area (TPSA) is 45.2 Å². The molecule has 0 spiro atoms. The second-order valence-corrected chi connectivity index (χ2v) is 7.12. The Kier molecular flexibility index (Phi) is 3.77. The maximum Gasteiger partial charge on any atom is 0.226 e. The van der Waals surface area contributed by atoms with Crippen LogP contribution in [-0.4, -0.2) is 24.0 Å². The van der Waals surface area contributed by atoms with Crippen LogP contribution in [0.2, 0.25) is 0 Å². The highest BCUT2D eigenvalue weighted by molar-refractivity contribution is 7.16. The number of piperidine rings is 1. The third-order valence-electron chi connectivity index (χ3n) is 4.50. The van der Waals surface area contributed by atoms with Crippen molar-refractivity contribution in [2.24, 2.45) is 0 Å². The van der Waals surface area contributed by atoms with Crippen molar-refractivity contribution in [3.05, 3.63) is 40.5 Å². The number of fused-ring (bicyclic) bond motifs is 1. The molecule has 1 atom stereocenters. The van der Waals surface area contributed by atoms with Crippen LogP contribution in [0.15, 0.2) is 24.3 Å². The van der Waals surface area contributed by atoms with E-state index in [2.05, 4.69) is 15.2 Å². The number of rotatable bonds is 2. The monoisotopic (exact) mass is 331 g/mol. The molecule has 4 nitrogen and oxygen atoms in total. The standard InChI is InChI=1S/C17H18FN3OS/c18-12-6-4-11(5-7-12)13-10-14(22)19-16-15(13)23-17(20-16)21-8-2-1-3-9-21/h4-7,13H,1-3,8-10H2,(H,19,22). The molecule has 3 heterocycles. The average molecular weight is 331 g/mol. The summed E-state index contributed by atoms with van der Waals surface area (Å²) < 4.78 is 13.2. The number of benzene rings is 1. The summed E-state index contributed by atoms with van der Waals surface area (Å²) in [6.07, 6.45) is 4.05. The number of amides is 1. The minimum absolute atomic E-state index is 0.0256. The van der Waals surface area contributed by atoms with E-state index in [9.17, 15) is 9.18 Å². The Morgan fingerprint density at radius 1 is 1.17 bits per heavy atom. The summed E-state index contributed by atoms with van der Waals surface area (Å²) in [5.74, 6) is 0.367. The molecule has 6 heteroatoms. The van der Waals surface area contributed by atoms with E-state index in [1.54, 1.807) is 23.5 Å². The fourth-order valence-corrected chi connectivity index (χ4v) is 4.49. The van der Waals surface area contributed by atoms with Gasteiger partial charge in [0.25, 0.3) is 0 Å². The van der Waals surface area contributed by atoms with Crippen LogP contribution in [0.5, 0.6) is 0 Å². The molecule has 1 aromatic carbocycles. The van der Waals surface area contributed by atoms with Crippen LogP contribution >= 0.6 is 11.3 Å². The van der Waals surface area contributed by atoms with Crippen molar-refractivity contribution in [2.75, 3.05) is 23.3 Å². The van der Waals surface area contributed by atoms with Crippen molar-refractivity contribution in [1.29, 1.82) is 0 Å². The van der Waals surface area contributed by atoms with Crippen LogP contribution in [0, 0.1) is 5.82 Å². The molecule has 2 aromatic rings. The quantitative estimate of drug-likeness (QED) is 0.911. The Hall–Kier alpha value is -1.95. The Balaban J connectivity index is 1.69. The summed E-state index contributed by atoms with van der Waals surface area (Å²) in [6, 6.07) is 6.44. The number of hydrogen-bond donors (Lipinski definition) is 1. The summed E-state index contributed by atoms with van der Waals surface area (Å²) >= 11 is 1.66. The highest BCUT2D eigenvalue weighted by Crippen LogP contribution is 2.43. The molecule has 1 fully saturated rings. The van der Waals surface area contributed by atoms with Crippen molar-refractivity contribution < 1.29 is 9.18 Å². The minimum atomic E-state index is -0.257. The zero-order chi connectivity index (χ0) is 15.8. The van der Waals surface area contributed by atoms with Gasteiger partial charge in [0, 0.05) is 25.4 Å². The lowest BCUT2D eigenvalue weighted by Gasteiger charge is -2.25. The predicted molar refractivity (Wildman–Crippen MR) is 89.7 cm³/mol. The van der Waals surface area contributed by atoms with E-state index in [1.165, 1.54) is 31.4 Å². The summed E-state index contributed by atoms with van der Waals surface area (Å²) in [6.45, 7) is 2.06. The molecule has 23 heavy (non-hydrogen) atoms. The van der Waals surface area contributed by atoms with Gasteiger partial charge in [0.15, 0.2) is 5.13 Å². The van der Waals surface area contributed by atoms with Gasteiger partial charge in [0.05, 0.1) is 4.88 Å². The molecule has 1 N–H and O–H groups in total. The fourth-order valence-electron chi connectivity index (χ4n) is 3.29. The molecule has 4 rings (SSSR count). The highest BCUT2D eigenvalue weighted by atomic mass is 32.1. The molecule has 0 saturated carbocycles. The maximum absolute atomic E-state index is 13.2. The van der Waals surface area contributed by atoms with Gasteiger partial charge in [-0.15, -0.1) is 0 Å². The van der Waals surface area contributed by atoms with Crippen LogP contribution < -0.4 is 10.2 Å². The van der Waals surface area contributed by atoms with E-state index >= 15 is 0 Å². The maximum atomic E-state index is 13.2. The van der Waals surface area contributed by atoms with Crippen LogP contribution in [0.4, 0.5) is 15.3 Å². The Bertz CT molecular complexity index is 722. The molecule has 1 saturated heterocycles. The van der Waals surface area contributed by atoms with Gasteiger partial charge in [0.1, 0.15) is 11.6 Å². The van der Waals surface area contributed by atoms with E-state index in [0.29, 0.717) is 12.2 Å². The number of halogens is 1. The Morgan fingerprint density at radius 3 is 2.65 bits per heavy atom. The van der Waals surface area contributed by atoms with E-state index in [-0.39, 0.29) is 17.6 Å². The summed E-state index contributed by atoms with van der Waals surface area (Å²) in [5, 5.41) is 3.88. The Labute approximate surface area is 138 Å². The van der Waals surface area contributed by atoms with Gasteiger partial charge < -0.3 is 10.2 Å². The average Bonchev–Trinajstić information content (AvgIpc) is 2.99. The largest absolute Gasteiger partial charge is 0.348 e. The summed E-state index contributed by atoms with van der Waals surface area (Å²) in [5.41, 5.74) is 0.969. The molecular formula is C17H18FN3OS. The van der Waals surface area contributed by atoms with Crippen LogP contribution in [-0.2, 0) is 4.79 Å². The zero-order valence-electron chi connectivity index (χ0n) is 12.7. The fraction of sp³-hybridized carbons (Fsp3) is 0.412. The van der Waals surface area contributed by atoms with Gasteiger partial charge >= 0.3 is 0 Å². The van der Waals surface area contributed by atoms with Gasteiger partial charge in [-0.25, -0.2) is 9.37 Å². The van der Waals surface area contributed by atoms with Gasteiger partial charge in [-0.2, -0.15) is 0 Å². The smallest absolute Gasteiger partial charge is 0.226 e. The van der Waals surface area contributed by atoms with Gasteiger partial charge in [0.2, 0.25) is 5.91 Å². The lowest BCUT2D eigenvalue weighted by atomic mass is 9.92. The van der Waals surface area contributed by atoms with Crippen molar-refractivity contribution in [3.8, 4) is 0 Å². The number of carbonyl (C=O) groups excluding carboxylic acids is 1. The lowest BCUT2D eigenvalue weighted by Crippen LogP contribution is -2.29. The number of aromatic nitrogens is 1. The van der Waals surface area contributed by atoms with Crippen LogP contribution in [0.1, 0.15) is 42.0 Å². The first-order chi connectivity index (χ1) is 11.2. The molecule has 2 aliphatic heterocycles. The summed E-state index contributed by atoms with van der Waals surface area (Å²) in [7, 11) is 0. The molecule has 1 aromatic heterocycles. The third kappa shape index (κ3) is 2.83. The van der Waals surface area contributed by atoms with Gasteiger partial charge in [-0.1, -0.05) is 23.5 Å². The van der Waals surface area contributed by atoms with Gasteiger partial charge in [-0.3, -0.25) is 4.79 Å². The van der Waals surface area contributed by atoms with E-state index in [0.717, 1.165) is 28.7 Å². The molecule has 0 radical (unpaired) electrons. The van der Waals surface area contributed by atoms with E-state index < -0.39 is 0 Å². The second kappa shape index (κ2) is 5.92. The first kappa shape index (κ1) is 14.6. The van der Waals surface area contributed by atoms with Crippen LogP contribution in [0.3, 0.4) is 0 Å². The van der Waals surface area contributed by atoms with Gasteiger partial charge in [-0.05, 0) is 37.0 Å². The second-order valence-electron chi connectivity index (χ2n) is 6.11. The number of nitrogens with zero attached hydrogens (tertiary/aromatic N) is 2. The lowest BCUT2D eigenvalue weighted by molar-refractivity contribution is -0.116. The number of carbonyl (C=O) groups is 1. The number of hydrogen-bond acceptors (Lipinski definition) is 4. The highest BCUT2D eigenvalue weighted by Gasteiger charge is 2.31. The molecule has 120 valence electrons. The van der Waals surface area contributed by atoms with Crippen molar-refractivity contribution >= 4 is 28.2 Å². The molecule has 0 bridgehead atoms. The number of anilines is 2.